The average Bonchev–Trinajstić information content (AvgIpc) is 3.15. The van der Waals surface area contributed by atoms with Crippen LogP contribution in [-0.2, 0) is 30.8 Å². The van der Waals surface area contributed by atoms with Gasteiger partial charge in [-0.15, -0.1) is 0 Å². The van der Waals surface area contributed by atoms with Crippen molar-refractivity contribution in [3.63, 3.8) is 0 Å². The van der Waals surface area contributed by atoms with Gasteiger partial charge in [-0.05, 0) is 36.1 Å². The van der Waals surface area contributed by atoms with Crippen molar-refractivity contribution in [3.05, 3.63) is 60.2 Å². The normalized spacial score (nSPS) is 14.5. The molecule has 29 heavy (non-hydrogen) atoms. The maximum atomic E-state index is 12.5. The van der Waals surface area contributed by atoms with Crippen molar-refractivity contribution in [2.75, 3.05) is 18.1 Å². The van der Waals surface area contributed by atoms with Gasteiger partial charge in [-0.1, -0.05) is 50.2 Å². The number of nitrogens with zero attached hydrogens (tertiary/aromatic N) is 1. The quantitative estimate of drug-likeness (QED) is 0.698. The van der Waals surface area contributed by atoms with Crippen molar-refractivity contribution in [3.8, 4) is 0 Å². The fourth-order valence-electron chi connectivity index (χ4n) is 3.19. The van der Waals surface area contributed by atoms with Crippen molar-refractivity contribution in [1.82, 2.24) is 4.72 Å². The summed E-state index contributed by atoms with van der Waals surface area (Å²) in [4.78, 5) is 26.7. The van der Waals surface area contributed by atoms with Gasteiger partial charge in [-0.25, -0.2) is 8.42 Å². The lowest BCUT2D eigenvalue weighted by atomic mass is 10.1. The van der Waals surface area contributed by atoms with E-state index in [4.69, 9.17) is 4.74 Å². The van der Waals surface area contributed by atoms with Crippen LogP contribution in [0.5, 0.6) is 0 Å². The summed E-state index contributed by atoms with van der Waals surface area (Å²) in [5.41, 5.74) is 1.89. The lowest BCUT2D eigenvalue weighted by molar-refractivity contribution is -0.150. The van der Waals surface area contributed by atoms with Gasteiger partial charge in [0.2, 0.25) is 10.0 Å². The van der Waals surface area contributed by atoms with Crippen LogP contribution in [0.1, 0.15) is 19.4 Å². The lowest BCUT2D eigenvalue weighted by Crippen LogP contribution is -2.46. The van der Waals surface area contributed by atoms with Crippen LogP contribution in [-0.4, -0.2) is 39.5 Å². The van der Waals surface area contributed by atoms with Gasteiger partial charge in [0.05, 0.1) is 4.90 Å². The monoisotopic (exact) mass is 416 g/mol. The van der Waals surface area contributed by atoms with Crippen molar-refractivity contribution < 1.29 is 22.7 Å². The molecule has 1 heterocycles. The molecule has 0 fully saturated rings. The number of nitrogens with one attached hydrogen (secondary N) is 1. The third kappa shape index (κ3) is 4.83. The van der Waals surface area contributed by atoms with E-state index in [-0.39, 0.29) is 16.7 Å². The van der Waals surface area contributed by atoms with Crippen molar-refractivity contribution in [2.24, 2.45) is 5.92 Å². The number of carbonyl (C=O) groups is 2. The van der Waals surface area contributed by atoms with Gasteiger partial charge in [-0.2, -0.15) is 4.72 Å². The van der Waals surface area contributed by atoms with Crippen molar-refractivity contribution in [1.29, 1.82) is 0 Å². The van der Waals surface area contributed by atoms with Crippen LogP contribution in [0.3, 0.4) is 0 Å². The SMILES string of the molecule is CC(C)[C@H](NS(=O)(=O)c1ccccc1)C(=O)OCC(=O)N1CCc2ccccc21. The summed E-state index contributed by atoms with van der Waals surface area (Å²) < 4.78 is 32.7. The number of para-hydroxylation sites is 1. The summed E-state index contributed by atoms with van der Waals surface area (Å²) in [5.74, 6) is -1.47. The largest absolute Gasteiger partial charge is 0.454 e. The minimum Gasteiger partial charge on any atom is -0.454 e. The summed E-state index contributed by atoms with van der Waals surface area (Å²) in [6, 6.07) is 14.3. The number of anilines is 1. The van der Waals surface area contributed by atoms with Crippen molar-refractivity contribution in [2.45, 2.75) is 31.2 Å². The lowest BCUT2D eigenvalue weighted by Gasteiger charge is -2.22. The number of rotatable bonds is 7. The molecule has 0 radical (unpaired) electrons. The van der Waals surface area contributed by atoms with Crippen LogP contribution >= 0.6 is 0 Å². The molecule has 0 aromatic heterocycles. The van der Waals surface area contributed by atoms with E-state index in [9.17, 15) is 18.0 Å². The third-order valence-corrected chi connectivity index (χ3v) is 6.24. The molecule has 0 saturated heterocycles. The van der Waals surface area contributed by atoms with Crippen LogP contribution in [0, 0.1) is 5.92 Å². The van der Waals surface area contributed by atoms with E-state index >= 15 is 0 Å². The number of amides is 1. The average molecular weight is 416 g/mol. The molecule has 7 nitrogen and oxygen atoms in total. The van der Waals surface area contributed by atoms with E-state index in [0.717, 1.165) is 17.7 Å². The summed E-state index contributed by atoms with van der Waals surface area (Å²) in [7, 11) is -3.89. The Morgan fingerprint density at radius 3 is 2.41 bits per heavy atom. The second-order valence-corrected chi connectivity index (χ2v) is 8.90. The topological polar surface area (TPSA) is 92.8 Å². The molecule has 0 bridgehead atoms. The van der Waals surface area contributed by atoms with Gasteiger partial charge >= 0.3 is 5.97 Å². The smallest absolute Gasteiger partial charge is 0.324 e. The Balaban J connectivity index is 1.64. The number of sulfonamides is 1. The summed E-state index contributed by atoms with van der Waals surface area (Å²) in [5, 5.41) is 0. The van der Waals surface area contributed by atoms with Crippen LogP contribution < -0.4 is 9.62 Å². The molecule has 0 saturated carbocycles. The zero-order valence-corrected chi connectivity index (χ0v) is 17.2. The molecule has 0 unspecified atom stereocenters. The van der Waals surface area contributed by atoms with Gasteiger partial charge in [-0.3, -0.25) is 9.59 Å². The molecule has 8 heteroatoms. The third-order valence-electron chi connectivity index (χ3n) is 4.78. The van der Waals surface area contributed by atoms with E-state index in [2.05, 4.69) is 4.72 Å². The molecule has 1 aliphatic rings. The first-order chi connectivity index (χ1) is 13.8. The molecule has 3 rings (SSSR count). The zero-order chi connectivity index (χ0) is 21.0. The number of hydrogen-bond acceptors (Lipinski definition) is 5. The maximum absolute atomic E-state index is 12.5. The highest BCUT2D eigenvalue weighted by molar-refractivity contribution is 7.89. The van der Waals surface area contributed by atoms with Crippen LogP contribution in [0.4, 0.5) is 5.69 Å². The first-order valence-electron chi connectivity index (χ1n) is 9.42. The Morgan fingerprint density at radius 2 is 1.72 bits per heavy atom. The molecule has 2 aromatic carbocycles. The minimum atomic E-state index is -3.89. The number of fused-ring (bicyclic) bond motifs is 1. The predicted octanol–water partition coefficient (Wildman–Crippen LogP) is 2.12. The highest BCUT2D eigenvalue weighted by atomic mass is 32.2. The maximum Gasteiger partial charge on any atom is 0.324 e. The van der Waals surface area contributed by atoms with Gasteiger partial charge < -0.3 is 9.64 Å². The van der Waals surface area contributed by atoms with Gasteiger partial charge in [0, 0.05) is 12.2 Å². The Labute approximate surface area is 170 Å². The molecule has 1 N–H and O–H groups in total. The van der Waals surface area contributed by atoms with Gasteiger partial charge in [0.15, 0.2) is 6.61 Å². The molecule has 154 valence electrons. The van der Waals surface area contributed by atoms with Crippen molar-refractivity contribution >= 4 is 27.6 Å². The minimum absolute atomic E-state index is 0.0585. The van der Waals surface area contributed by atoms with E-state index < -0.39 is 28.6 Å². The number of benzene rings is 2. The van der Waals surface area contributed by atoms with E-state index in [1.807, 2.05) is 24.3 Å². The van der Waals surface area contributed by atoms with Crippen LogP contribution in [0.15, 0.2) is 59.5 Å². The Hall–Kier alpha value is -2.71. The van der Waals surface area contributed by atoms with Crippen LogP contribution in [0.2, 0.25) is 0 Å². The first-order valence-corrected chi connectivity index (χ1v) is 10.9. The second-order valence-electron chi connectivity index (χ2n) is 7.19. The molecule has 1 atom stereocenters. The van der Waals surface area contributed by atoms with Gasteiger partial charge in [0.25, 0.3) is 5.91 Å². The molecule has 2 aromatic rings. The van der Waals surface area contributed by atoms with Gasteiger partial charge in [0.1, 0.15) is 6.04 Å². The molecule has 0 aliphatic carbocycles. The summed E-state index contributed by atoms with van der Waals surface area (Å²) >= 11 is 0. The Bertz CT molecular complexity index is 989. The Kier molecular flexibility index (Phi) is 6.34. The van der Waals surface area contributed by atoms with E-state index in [1.165, 1.54) is 12.1 Å². The number of carbonyl (C=O) groups excluding carboxylic acids is 2. The highest BCUT2D eigenvalue weighted by Gasteiger charge is 2.31. The van der Waals surface area contributed by atoms with E-state index in [1.54, 1.807) is 36.9 Å². The number of hydrogen-bond donors (Lipinski definition) is 1. The number of ether oxygens (including phenoxy) is 1. The highest BCUT2D eigenvalue weighted by Crippen LogP contribution is 2.27. The standard InChI is InChI=1S/C21H24N2O5S/c1-15(2)20(22-29(26,27)17-9-4-3-5-10-17)21(25)28-14-19(24)23-13-12-16-8-6-7-11-18(16)23/h3-11,15,20,22H,12-14H2,1-2H3/t20-/m0/s1. The fraction of sp³-hybridized carbons (Fsp3) is 0.333. The second kappa shape index (κ2) is 8.75. The summed E-state index contributed by atoms with van der Waals surface area (Å²) in [6.45, 7) is 3.50. The predicted molar refractivity (Wildman–Crippen MR) is 109 cm³/mol. The molecule has 1 aliphatic heterocycles. The molecule has 1 amide bonds. The first kappa shape index (κ1) is 21.0. The van der Waals surface area contributed by atoms with Crippen LogP contribution in [0.25, 0.3) is 0 Å². The molecular weight excluding hydrogens is 392 g/mol. The summed E-state index contributed by atoms with van der Waals surface area (Å²) in [6.07, 6.45) is 0.751. The molecule has 0 spiro atoms. The zero-order valence-electron chi connectivity index (χ0n) is 16.4. The fourth-order valence-corrected chi connectivity index (χ4v) is 4.54. The molecular formula is C21H24N2O5S. The Morgan fingerprint density at radius 1 is 1.07 bits per heavy atom. The number of esters is 1. The van der Waals surface area contributed by atoms with E-state index in [0.29, 0.717) is 6.54 Å².